The van der Waals surface area contributed by atoms with Gasteiger partial charge in [-0.25, -0.2) is 4.98 Å². The van der Waals surface area contributed by atoms with E-state index in [9.17, 15) is 0 Å². The number of hydrogen-bond acceptors (Lipinski definition) is 4. The van der Waals surface area contributed by atoms with E-state index < -0.39 is 0 Å². The first-order chi connectivity index (χ1) is 5.68. The molecule has 1 rings (SSSR count). The van der Waals surface area contributed by atoms with Crippen LogP contribution in [0.2, 0.25) is 0 Å². The molecule has 1 unspecified atom stereocenters. The summed E-state index contributed by atoms with van der Waals surface area (Å²) in [7, 11) is 0. The van der Waals surface area contributed by atoms with Crippen LogP contribution < -0.4 is 5.32 Å². The van der Waals surface area contributed by atoms with Crippen molar-refractivity contribution in [3.8, 4) is 0 Å². The number of hydrogen-bond donors (Lipinski definition) is 1. The van der Waals surface area contributed by atoms with Gasteiger partial charge in [-0.15, -0.1) is 0 Å². The summed E-state index contributed by atoms with van der Waals surface area (Å²) >= 11 is 1.41. The summed E-state index contributed by atoms with van der Waals surface area (Å²) < 4.78 is 3.92. The maximum atomic E-state index is 4.06. The predicted octanol–water partition coefficient (Wildman–Crippen LogP) is 2.38. The van der Waals surface area contributed by atoms with Gasteiger partial charge in [-0.1, -0.05) is 13.8 Å². The van der Waals surface area contributed by atoms with Crippen LogP contribution in [0.5, 0.6) is 0 Å². The van der Waals surface area contributed by atoms with Gasteiger partial charge in [0, 0.05) is 17.6 Å². The van der Waals surface area contributed by atoms with Crippen LogP contribution in [0.15, 0.2) is 6.33 Å². The Labute approximate surface area is 77.4 Å². The molecule has 0 amide bonds. The van der Waals surface area contributed by atoms with Gasteiger partial charge in [-0.2, -0.15) is 4.37 Å². The molecule has 3 nitrogen and oxygen atoms in total. The Balaban J connectivity index is 2.32. The second-order valence-corrected chi connectivity index (χ2v) is 4.20. The maximum Gasteiger partial charge on any atom is 0.202 e. The molecule has 68 valence electrons. The fraction of sp³-hybridized carbons (Fsp3) is 0.750. The molecule has 1 N–H and O–H groups in total. The second-order valence-electron chi connectivity index (χ2n) is 3.42. The minimum Gasteiger partial charge on any atom is -0.358 e. The normalized spacial score (nSPS) is 13.3. The van der Waals surface area contributed by atoms with Crippen molar-refractivity contribution in [3.63, 3.8) is 0 Å². The summed E-state index contributed by atoms with van der Waals surface area (Å²) in [5, 5.41) is 4.22. The lowest BCUT2D eigenvalue weighted by atomic mass is 10.1. The Hall–Kier alpha value is -0.640. The summed E-state index contributed by atoms with van der Waals surface area (Å²) in [6.07, 6.45) is 2.74. The Morgan fingerprint density at radius 1 is 1.50 bits per heavy atom. The van der Waals surface area contributed by atoms with E-state index in [0.717, 1.165) is 11.0 Å². The molecule has 1 aromatic heterocycles. The fourth-order valence-corrected chi connectivity index (χ4v) is 1.76. The van der Waals surface area contributed by atoms with E-state index in [1.165, 1.54) is 18.0 Å². The molecule has 0 saturated carbocycles. The fourth-order valence-electron chi connectivity index (χ4n) is 1.21. The summed E-state index contributed by atoms with van der Waals surface area (Å²) in [6.45, 7) is 6.61. The summed E-state index contributed by atoms with van der Waals surface area (Å²) in [6, 6.07) is 0.484. The van der Waals surface area contributed by atoms with Gasteiger partial charge in [0.1, 0.15) is 6.33 Å². The Kier molecular flexibility index (Phi) is 3.47. The topological polar surface area (TPSA) is 37.8 Å². The Bertz CT molecular complexity index is 208. The SMILES string of the molecule is CC(C)CC(C)Nc1ncns1. The van der Waals surface area contributed by atoms with E-state index >= 15 is 0 Å². The number of nitrogens with zero attached hydrogens (tertiary/aromatic N) is 2. The zero-order valence-corrected chi connectivity index (χ0v) is 8.56. The van der Waals surface area contributed by atoms with Crippen molar-refractivity contribution in [1.29, 1.82) is 0 Å². The van der Waals surface area contributed by atoms with Gasteiger partial charge in [-0.05, 0) is 19.3 Å². The van der Waals surface area contributed by atoms with Crippen molar-refractivity contribution >= 4 is 16.7 Å². The van der Waals surface area contributed by atoms with E-state index in [-0.39, 0.29) is 0 Å². The van der Waals surface area contributed by atoms with Gasteiger partial charge in [0.05, 0.1) is 0 Å². The van der Waals surface area contributed by atoms with Crippen LogP contribution in [0.3, 0.4) is 0 Å². The summed E-state index contributed by atoms with van der Waals surface area (Å²) in [4.78, 5) is 4.06. The molecule has 0 fully saturated rings. The zero-order chi connectivity index (χ0) is 8.97. The molecule has 0 spiro atoms. The first kappa shape index (κ1) is 9.45. The van der Waals surface area contributed by atoms with Gasteiger partial charge in [0.15, 0.2) is 0 Å². The highest BCUT2D eigenvalue weighted by Gasteiger charge is 2.05. The molecule has 1 atom stereocenters. The van der Waals surface area contributed by atoms with Gasteiger partial charge < -0.3 is 5.32 Å². The third-order valence-electron chi connectivity index (χ3n) is 1.56. The second kappa shape index (κ2) is 4.40. The van der Waals surface area contributed by atoms with Crippen LogP contribution in [0.4, 0.5) is 5.13 Å². The molecule has 0 radical (unpaired) electrons. The van der Waals surface area contributed by atoms with Crippen molar-refractivity contribution < 1.29 is 0 Å². The molecule has 0 saturated heterocycles. The lowest BCUT2D eigenvalue weighted by Gasteiger charge is -2.14. The maximum absolute atomic E-state index is 4.06. The van der Waals surface area contributed by atoms with Crippen molar-refractivity contribution in [2.45, 2.75) is 33.2 Å². The Morgan fingerprint density at radius 3 is 2.75 bits per heavy atom. The van der Waals surface area contributed by atoms with E-state index in [2.05, 4.69) is 35.4 Å². The van der Waals surface area contributed by atoms with Crippen molar-refractivity contribution in [2.75, 3.05) is 5.32 Å². The number of aromatic nitrogens is 2. The van der Waals surface area contributed by atoms with Gasteiger partial charge in [0.2, 0.25) is 5.13 Å². The van der Waals surface area contributed by atoms with Crippen molar-refractivity contribution in [3.05, 3.63) is 6.33 Å². The van der Waals surface area contributed by atoms with E-state index in [4.69, 9.17) is 0 Å². The van der Waals surface area contributed by atoms with E-state index in [1.807, 2.05) is 0 Å². The third-order valence-corrected chi connectivity index (χ3v) is 2.15. The standard InChI is InChI=1S/C8H15N3S/c1-6(2)4-7(3)11-8-9-5-10-12-8/h5-7H,4H2,1-3H3,(H,9,10,11). The number of anilines is 1. The van der Waals surface area contributed by atoms with Crippen LogP contribution in [-0.2, 0) is 0 Å². The van der Waals surface area contributed by atoms with Gasteiger partial charge in [0.25, 0.3) is 0 Å². The first-order valence-corrected chi connectivity index (χ1v) is 4.99. The Morgan fingerprint density at radius 2 is 2.25 bits per heavy atom. The third kappa shape index (κ3) is 3.17. The molecule has 0 aliphatic rings. The first-order valence-electron chi connectivity index (χ1n) is 4.21. The van der Waals surface area contributed by atoms with Gasteiger partial charge >= 0.3 is 0 Å². The van der Waals surface area contributed by atoms with Crippen molar-refractivity contribution in [2.24, 2.45) is 5.92 Å². The van der Waals surface area contributed by atoms with Gasteiger partial charge in [-0.3, -0.25) is 0 Å². The highest BCUT2D eigenvalue weighted by atomic mass is 32.1. The molecule has 0 aromatic carbocycles. The molecule has 0 bridgehead atoms. The minimum atomic E-state index is 0.484. The molecule has 1 aromatic rings. The monoisotopic (exact) mass is 185 g/mol. The van der Waals surface area contributed by atoms with Crippen LogP contribution >= 0.6 is 11.5 Å². The highest BCUT2D eigenvalue weighted by molar-refractivity contribution is 7.09. The quantitative estimate of drug-likeness (QED) is 0.782. The molecular weight excluding hydrogens is 170 g/mol. The zero-order valence-electron chi connectivity index (χ0n) is 7.74. The van der Waals surface area contributed by atoms with Crippen LogP contribution in [-0.4, -0.2) is 15.4 Å². The number of rotatable bonds is 4. The lowest BCUT2D eigenvalue weighted by molar-refractivity contribution is 0.539. The van der Waals surface area contributed by atoms with Crippen LogP contribution in [0.1, 0.15) is 27.2 Å². The molecule has 0 aliphatic carbocycles. The predicted molar refractivity (Wildman–Crippen MR) is 52.4 cm³/mol. The molecule has 0 aliphatic heterocycles. The average molecular weight is 185 g/mol. The summed E-state index contributed by atoms with van der Waals surface area (Å²) in [5.74, 6) is 0.723. The lowest BCUT2D eigenvalue weighted by Crippen LogP contribution is -2.17. The molecular formula is C8H15N3S. The smallest absolute Gasteiger partial charge is 0.202 e. The van der Waals surface area contributed by atoms with E-state index in [1.54, 1.807) is 6.33 Å². The largest absolute Gasteiger partial charge is 0.358 e. The average Bonchev–Trinajstić information content (AvgIpc) is 2.37. The van der Waals surface area contributed by atoms with E-state index in [0.29, 0.717) is 6.04 Å². The summed E-state index contributed by atoms with van der Waals surface area (Å²) in [5.41, 5.74) is 0. The molecule has 1 heterocycles. The minimum absolute atomic E-state index is 0.484. The molecule has 12 heavy (non-hydrogen) atoms. The molecule has 4 heteroatoms. The number of nitrogens with one attached hydrogen (secondary N) is 1. The van der Waals surface area contributed by atoms with Crippen LogP contribution in [0, 0.1) is 5.92 Å². The van der Waals surface area contributed by atoms with Crippen molar-refractivity contribution in [1.82, 2.24) is 9.36 Å². The highest BCUT2D eigenvalue weighted by Crippen LogP contribution is 2.12. The van der Waals surface area contributed by atoms with Crippen LogP contribution in [0.25, 0.3) is 0 Å².